The van der Waals surface area contributed by atoms with E-state index in [1.807, 2.05) is 36.4 Å². The van der Waals surface area contributed by atoms with E-state index >= 15 is 0 Å². The fourth-order valence-corrected chi connectivity index (χ4v) is 2.69. The van der Waals surface area contributed by atoms with Crippen LogP contribution in [-0.2, 0) is 10.1 Å². The van der Waals surface area contributed by atoms with E-state index in [2.05, 4.69) is 12.7 Å². The van der Waals surface area contributed by atoms with Crippen molar-refractivity contribution in [3.05, 3.63) is 91.0 Å². The molecule has 23 heavy (non-hydrogen) atoms. The Morgan fingerprint density at radius 1 is 0.826 bits per heavy atom. The monoisotopic (exact) mass is 334 g/mol. The Balaban J connectivity index is 0.000000253. The van der Waals surface area contributed by atoms with Crippen LogP contribution in [0.5, 0.6) is 0 Å². The second-order valence-corrected chi connectivity index (χ2v) is 5.89. The van der Waals surface area contributed by atoms with E-state index in [1.165, 1.54) is 6.07 Å². The van der Waals surface area contributed by atoms with E-state index in [0.29, 0.717) is 5.39 Å². The van der Waals surface area contributed by atoms with Crippen LogP contribution in [0.25, 0.3) is 10.8 Å². The summed E-state index contributed by atoms with van der Waals surface area (Å²) in [6.07, 6.45) is 2.78. The topological polar surface area (TPSA) is 54.4 Å². The fraction of sp³-hybridized carbons (Fsp3) is 0. The summed E-state index contributed by atoms with van der Waals surface area (Å²) in [5.74, 6) is 0. The van der Waals surface area contributed by atoms with Gasteiger partial charge in [0.25, 0.3) is 10.1 Å². The molecule has 0 unspecified atom stereocenters. The number of fused-ring (bicyclic) bond motifs is 1. The summed E-state index contributed by atoms with van der Waals surface area (Å²) in [7, 11) is -4.13. The average Bonchev–Trinajstić information content (AvgIpc) is 2.55. The van der Waals surface area contributed by atoms with Crippen LogP contribution in [0.2, 0.25) is 0 Å². The van der Waals surface area contributed by atoms with Crippen LogP contribution in [0.3, 0.4) is 0 Å². The van der Waals surface area contributed by atoms with Crippen LogP contribution in [0.4, 0.5) is 0 Å². The summed E-state index contributed by atoms with van der Waals surface area (Å²) in [6.45, 7) is 3.51. The Hall–Kier alpha value is -1.43. The van der Waals surface area contributed by atoms with Gasteiger partial charge >= 0.3 is 29.6 Å². The standard InChI is InChI=1S/C10H8O3S.C8H7.Na/c11-14(12,13)10-7-3-5-8-4-1-2-6-9(8)10;1-2-8-6-4-3-5-7-8;/h1-7H,(H,11,12,13);3-7H,1H2;/q;-1;+1. The Labute approximate surface area is 158 Å². The average molecular weight is 334 g/mol. The van der Waals surface area contributed by atoms with Gasteiger partial charge in [-0.25, -0.2) is 0 Å². The first-order valence-corrected chi connectivity index (χ1v) is 8.00. The van der Waals surface area contributed by atoms with Crippen molar-refractivity contribution in [1.29, 1.82) is 0 Å². The first-order chi connectivity index (χ1) is 10.5. The second-order valence-electron chi connectivity index (χ2n) is 4.50. The van der Waals surface area contributed by atoms with Crippen molar-refractivity contribution in [2.75, 3.05) is 0 Å². The molecular weight excluding hydrogens is 319 g/mol. The van der Waals surface area contributed by atoms with Gasteiger partial charge in [0.2, 0.25) is 0 Å². The van der Waals surface area contributed by atoms with Crippen LogP contribution < -0.4 is 29.6 Å². The van der Waals surface area contributed by atoms with Gasteiger partial charge in [-0.1, -0.05) is 42.5 Å². The van der Waals surface area contributed by atoms with E-state index in [4.69, 9.17) is 4.55 Å². The molecule has 0 atom stereocenters. The summed E-state index contributed by atoms with van der Waals surface area (Å²) < 4.78 is 31.0. The molecule has 0 amide bonds. The van der Waals surface area contributed by atoms with Crippen LogP contribution >= 0.6 is 0 Å². The van der Waals surface area contributed by atoms with Crippen molar-refractivity contribution in [1.82, 2.24) is 0 Å². The van der Waals surface area contributed by atoms with Gasteiger partial charge < -0.3 is 0 Å². The molecule has 3 rings (SSSR count). The minimum absolute atomic E-state index is 0. The van der Waals surface area contributed by atoms with Gasteiger partial charge in [-0.3, -0.25) is 4.55 Å². The maximum absolute atomic E-state index is 11.0. The van der Waals surface area contributed by atoms with Crippen molar-refractivity contribution in [3.63, 3.8) is 0 Å². The Morgan fingerprint density at radius 2 is 1.39 bits per heavy atom. The molecule has 0 aromatic heterocycles. The molecule has 0 aliphatic heterocycles. The number of hydrogen-bond acceptors (Lipinski definition) is 2. The predicted octanol–water partition coefficient (Wildman–Crippen LogP) is 1.11. The normalized spacial score (nSPS) is 10.1. The summed E-state index contributed by atoms with van der Waals surface area (Å²) in [6, 6.07) is 21.6. The Morgan fingerprint density at radius 3 is 1.96 bits per heavy atom. The van der Waals surface area contributed by atoms with E-state index in [0.717, 1.165) is 10.9 Å². The van der Waals surface area contributed by atoms with Crippen molar-refractivity contribution >= 4 is 20.9 Å². The third-order valence-corrected chi connectivity index (χ3v) is 3.92. The molecule has 1 N–H and O–H groups in total. The Bertz CT molecular complexity index is 870. The van der Waals surface area contributed by atoms with Gasteiger partial charge in [0.1, 0.15) is 4.90 Å². The van der Waals surface area contributed by atoms with Crippen molar-refractivity contribution in [3.8, 4) is 0 Å². The third kappa shape index (κ3) is 5.61. The van der Waals surface area contributed by atoms with Gasteiger partial charge in [-0.15, -0.1) is 12.1 Å². The number of rotatable bonds is 2. The van der Waals surface area contributed by atoms with E-state index in [1.54, 1.807) is 30.3 Å². The molecule has 0 spiro atoms. The molecule has 0 fully saturated rings. The molecule has 0 bridgehead atoms. The molecule has 0 radical (unpaired) electrons. The molecule has 0 saturated carbocycles. The molecule has 0 aliphatic rings. The zero-order valence-electron chi connectivity index (χ0n) is 12.8. The quantitative estimate of drug-likeness (QED) is 0.434. The smallest absolute Gasteiger partial charge is 0.282 e. The minimum Gasteiger partial charge on any atom is -0.282 e. The van der Waals surface area contributed by atoms with E-state index in [9.17, 15) is 8.42 Å². The SMILES string of the molecule is C=[C-]c1ccccc1.O=S(=O)(O)c1cccc2ccccc12.[Na+]. The third-order valence-electron chi connectivity index (χ3n) is 3.01. The van der Waals surface area contributed by atoms with Crippen molar-refractivity contribution in [2.24, 2.45) is 0 Å². The molecule has 0 heterocycles. The van der Waals surface area contributed by atoms with E-state index < -0.39 is 10.1 Å². The van der Waals surface area contributed by atoms with Crippen molar-refractivity contribution in [2.45, 2.75) is 4.90 Å². The number of hydrogen-bond donors (Lipinski definition) is 1. The Kier molecular flexibility index (Phi) is 7.68. The minimum atomic E-state index is -4.13. The van der Waals surface area contributed by atoms with Crippen LogP contribution in [0, 0.1) is 6.08 Å². The van der Waals surface area contributed by atoms with Crippen LogP contribution in [0.15, 0.2) is 84.3 Å². The molecule has 5 heteroatoms. The summed E-state index contributed by atoms with van der Waals surface area (Å²) in [5, 5.41) is 1.33. The maximum Gasteiger partial charge on any atom is 1.00 e. The zero-order valence-corrected chi connectivity index (χ0v) is 15.6. The van der Waals surface area contributed by atoms with Gasteiger partial charge in [0.05, 0.1) is 0 Å². The molecule has 0 saturated heterocycles. The molecule has 3 nitrogen and oxygen atoms in total. The molecule has 0 aliphatic carbocycles. The maximum atomic E-state index is 11.0. The summed E-state index contributed by atoms with van der Waals surface area (Å²) >= 11 is 0. The second kappa shape index (κ2) is 9.01. The number of benzene rings is 3. The first-order valence-electron chi connectivity index (χ1n) is 6.56. The molecule has 3 aromatic rings. The van der Waals surface area contributed by atoms with Gasteiger partial charge in [0.15, 0.2) is 0 Å². The van der Waals surface area contributed by atoms with E-state index in [-0.39, 0.29) is 34.5 Å². The molecule has 3 aromatic carbocycles. The summed E-state index contributed by atoms with van der Waals surface area (Å²) in [5.41, 5.74) is 1.05. The fourth-order valence-electron chi connectivity index (χ4n) is 1.98. The van der Waals surface area contributed by atoms with Gasteiger partial charge in [-0.05, 0) is 11.5 Å². The molecule has 112 valence electrons. The van der Waals surface area contributed by atoms with Crippen molar-refractivity contribution < 1.29 is 42.5 Å². The predicted molar refractivity (Wildman–Crippen MR) is 88.2 cm³/mol. The summed E-state index contributed by atoms with van der Waals surface area (Å²) in [4.78, 5) is -0.0457. The molecular formula is C18H15NaO3S. The largest absolute Gasteiger partial charge is 1.00 e. The van der Waals surface area contributed by atoms with Gasteiger partial charge in [0, 0.05) is 5.39 Å². The first kappa shape index (κ1) is 19.6. The van der Waals surface area contributed by atoms with Gasteiger partial charge in [-0.2, -0.15) is 38.8 Å². The van der Waals surface area contributed by atoms with Crippen LogP contribution in [0.1, 0.15) is 5.56 Å². The zero-order chi connectivity index (χ0) is 16.0. The van der Waals surface area contributed by atoms with Crippen LogP contribution in [-0.4, -0.2) is 13.0 Å².